The topological polar surface area (TPSA) is 38.7 Å². The quantitative estimate of drug-likeness (QED) is 0.0574. The summed E-state index contributed by atoms with van der Waals surface area (Å²) in [4.78, 5) is 0. The fourth-order valence-corrected chi connectivity index (χ4v) is 8.55. The summed E-state index contributed by atoms with van der Waals surface area (Å²) >= 11 is 0. The van der Waals surface area contributed by atoms with Crippen LogP contribution >= 0.6 is 0 Å². The zero-order chi connectivity index (χ0) is 33.9. The zero-order valence-electron chi connectivity index (χ0n) is 32.7. The molecule has 3 nitrogen and oxygen atoms in total. The highest BCUT2D eigenvalue weighted by atomic mass is 16.7. The van der Waals surface area contributed by atoms with Gasteiger partial charge in [0.15, 0.2) is 0 Å². The Hall–Kier alpha value is -0.120. The summed E-state index contributed by atoms with van der Waals surface area (Å²) in [6.07, 6.45) is 28.0. The van der Waals surface area contributed by atoms with E-state index in [0.717, 1.165) is 42.6 Å². The summed E-state index contributed by atoms with van der Waals surface area (Å²) in [7, 11) is 1.69. The predicted octanol–water partition coefficient (Wildman–Crippen LogP) is 13.3. The Morgan fingerprint density at radius 3 is 1.16 bits per heavy atom. The van der Waals surface area contributed by atoms with Crippen molar-refractivity contribution in [2.24, 2.45) is 47.3 Å². The van der Waals surface area contributed by atoms with Gasteiger partial charge in [-0.15, -0.1) is 0 Å². The summed E-state index contributed by atoms with van der Waals surface area (Å²) in [5, 5.41) is 10.8. The van der Waals surface area contributed by atoms with Crippen molar-refractivity contribution in [2.45, 2.75) is 203 Å². The van der Waals surface area contributed by atoms with Crippen LogP contribution < -0.4 is 0 Å². The number of aliphatic hydroxyl groups excluding tert-OH is 1. The van der Waals surface area contributed by atoms with Gasteiger partial charge in [-0.25, -0.2) is 0 Å². The van der Waals surface area contributed by atoms with E-state index in [1.807, 2.05) is 0 Å². The molecule has 0 heterocycles. The minimum atomic E-state index is -0.118. The molecule has 0 fully saturated rings. The number of ether oxygens (including phenoxy) is 2. The molecule has 3 heteroatoms. The van der Waals surface area contributed by atoms with Crippen LogP contribution in [-0.2, 0) is 9.47 Å². The lowest BCUT2D eigenvalue weighted by Gasteiger charge is -2.27. The molecular formula is C42H86O3. The first-order valence-corrected chi connectivity index (χ1v) is 20.2. The average Bonchev–Trinajstić information content (AvgIpc) is 2.94. The molecule has 0 saturated carbocycles. The van der Waals surface area contributed by atoms with E-state index in [-0.39, 0.29) is 6.10 Å². The van der Waals surface area contributed by atoms with E-state index in [0.29, 0.717) is 24.5 Å². The molecule has 0 aliphatic heterocycles. The minimum Gasteiger partial charge on any atom is -0.393 e. The van der Waals surface area contributed by atoms with E-state index in [2.05, 4.69) is 62.3 Å². The molecule has 9 atom stereocenters. The van der Waals surface area contributed by atoms with Gasteiger partial charge in [0, 0.05) is 7.11 Å². The molecule has 0 bridgehead atoms. The normalized spacial score (nSPS) is 18.2. The van der Waals surface area contributed by atoms with Crippen molar-refractivity contribution < 1.29 is 14.6 Å². The van der Waals surface area contributed by atoms with Crippen molar-refractivity contribution in [2.75, 3.05) is 20.5 Å². The molecule has 1 N–H and O–H groups in total. The predicted molar refractivity (Wildman–Crippen MR) is 200 cm³/mol. The van der Waals surface area contributed by atoms with Crippen LogP contribution in [-0.4, -0.2) is 31.7 Å². The molecule has 0 saturated heterocycles. The van der Waals surface area contributed by atoms with Crippen molar-refractivity contribution in [3.8, 4) is 0 Å². The average molecular weight is 639 g/mol. The second-order valence-electron chi connectivity index (χ2n) is 16.7. The third-order valence-electron chi connectivity index (χ3n) is 10.5. The van der Waals surface area contributed by atoms with Crippen LogP contribution in [0.3, 0.4) is 0 Å². The maximum absolute atomic E-state index is 10.8. The van der Waals surface area contributed by atoms with Crippen LogP contribution in [0.5, 0.6) is 0 Å². The van der Waals surface area contributed by atoms with E-state index in [1.54, 1.807) is 7.11 Å². The lowest BCUT2D eigenvalue weighted by Crippen LogP contribution is -2.21. The Bertz CT molecular complexity index is 609. The van der Waals surface area contributed by atoms with Crippen LogP contribution in [0, 0.1) is 47.3 Å². The highest BCUT2D eigenvalue weighted by Crippen LogP contribution is 2.31. The van der Waals surface area contributed by atoms with Crippen molar-refractivity contribution >= 4 is 0 Å². The standard InChI is InChI=1S/C42H86O3/c1-11-12-13-14-15-16-17-18-19-20-21-22-23-24-42(43)41(9)31-39(7)29-37(5)27-35(3)25-34(2)26-36(4)28-38(6)30-40(8)32-45-33-44-10/h34-43H,11-33H2,1-10H3/t34-,35+,36-,37+,38-,39+,40-,41+,42+/m0/s1. The van der Waals surface area contributed by atoms with Crippen LogP contribution in [0.2, 0.25) is 0 Å². The Morgan fingerprint density at radius 1 is 0.444 bits per heavy atom. The van der Waals surface area contributed by atoms with Crippen LogP contribution in [0.15, 0.2) is 0 Å². The van der Waals surface area contributed by atoms with Crippen molar-refractivity contribution in [1.82, 2.24) is 0 Å². The molecule has 272 valence electrons. The number of aliphatic hydroxyl groups is 1. The van der Waals surface area contributed by atoms with Crippen LogP contribution in [0.1, 0.15) is 197 Å². The van der Waals surface area contributed by atoms with Gasteiger partial charge in [-0.05, 0) is 98.7 Å². The number of unbranched alkanes of at least 4 members (excludes halogenated alkanes) is 12. The molecule has 45 heavy (non-hydrogen) atoms. The van der Waals surface area contributed by atoms with Gasteiger partial charge >= 0.3 is 0 Å². The van der Waals surface area contributed by atoms with Gasteiger partial charge in [-0.1, -0.05) is 146 Å². The Labute approximate surface area is 285 Å². The molecule has 0 rings (SSSR count). The lowest BCUT2D eigenvalue weighted by molar-refractivity contribution is -0.0437. The van der Waals surface area contributed by atoms with Gasteiger partial charge < -0.3 is 14.6 Å². The smallest absolute Gasteiger partial charge is 0.146 e. The molecule has 0 spiro atoms. The molecule has 0 amide bonds. The lowest BCUT2D eigenvalue weighted by atomic mass is 9.80. The molecule has 0 aromatic carbocycles. The molecule has 0 aliphatic carbocycles. The highest BCUT2D eigenvalue weighted by molar-refractivity contribution is 4.72. The Morgan fingerprint density at radius 2 is 0.778 bits per heavy atom. The zero-order valence-corrected chi connectivity index (χ0v) is 32.7. The first-order valence-electron chi connectivity index (χ1n) is 20.2. The number of hydrogen-bond acceptors (Lipinski definition) is 3. The van der Waals surface area contributed by atoms with Crippen LogP contribution in [0.25, 0.3) is 0 Å². The molecule has 0 aliphatic rings. The first kappa shape index (κ1) is 44.9. The SMILES string of the molecule is CCCCCCCCCCCCCCC[C@@H](O)[C@H](C)C[C@H](C)C[C@H](C)C[C@H](C)C[C@H](C)C[C@H](C)C[C@H](C)C[C@H](C)COCOC. The van der Waals surface area contributed by atoms with E-state index in [9.17, 15) is 5.11 Å². The van der Waals surface area contributed by atoms with Gasteiger partial charge in [0.2, 0.25) is 0 Å². The number of rotatable bonds is 33. The van der Waals surface area contributed by atoms with Gasteiger partial charge in [0.1, 0.15) is 6.79 Å². The second kappa shape index (κ2) is 30.0. The maximum Gasteiger partial charge on any atom is 0.146 e. The third-order valence-corrected chi connectivity index (χ3v) is 10.5. The second-order valence-corrected chi connectivity index (χ2v) is 16.7. The molecule has 0 aromatic rings. The monoisotopic (exact) mass is 639 g/mol. The summed E-state index contributed by atoms with van der Waals surface area (Å²) in [6, 6.07) is 0. The first-order chi connectivity index (χ1) is 21.5. The van der Waals surface area contributed by atoms with E-state index in [1.165, 1.54) is 128 Å². The minimum absolute atomic E-state index is 0.118. The summed E-state index contributed by atoms with van der Waals surface area (Å²) in [5.41, 5.74) is 0. The van der Waals surface area contributed by atoms with Gasteiger partial charge in [0.25, 0.3) is 0 Å². The number of methoxy groups -OCH3 is 1. The van der Waals surface area contributed by atoms with E-state index < -0.39 is 0 Å². The largest absolute Gasteiger partial charge is 0.393 e. The third kappa shape index (κ3) is 28.6. The van der Waals surface area contributed by atoms with Gasteiger partial charge in [-0.2, -0.15) is 0 Å². The Kier molecular flexibility index (Phi) is 29.9. The molecule has 0 radical (unpaired) electrons. The van der Waals surface area contributed by atoms with Crippen molar-refractivity contribution in [3.63, 3.8) is 0 Å². The van der Waals surface area contributed by atoms with E-state index in [4.69, 9.17) is 9.47 Å². The maximum atomic E-state index is 10.8. The van der Waals surface area contributed by atoms with Crippen molar-refractivity contribution in [3.05, 3.63) is 0 Å². The van der Waals surface area contributed by atoms with E-state index >= 15 is 0 Å². The van der Waals surface area contributed by atoms with Gasteiger partial charge in [0.05, 0.1) is 12.7 Å². The summed E-state index contributed by atoms with van der Waals surface area (Å²) < 4.78 is 10.6. The fourth-order valence-electron chi connectivity index (χ4n) is 8.55. The summed E-state index contributed by atoms with van der Waals surface area (Å²) in [6.45, 7) is 22.8. The fraction of sp³-hybridized carbons (Fsp3) is 1.00. The van der Waals surface area contributed by atoms with Crippen molar-refractivity contribution in [1.29, 1.82) is 0 Å². The van der Waals surface area contributed by atoms with Gasteiger partial charge in [-0.3, -0.25) is 0 Å². The van der Waals surface area contributed by atoms with Crippen LogP contribution in [0.4, 0.5) is 0 Å². The number of hydrogen-bond donors (Lipinski definition) is 1. The summed E-state index contributed by atoms with van der Waals surface area (Å²) in [5.74, 6) is 5.63. The Balaban J connectivity index is 3.99. The molecule has 0 aromatic heterocycles. The molecular weight excluding hydrogens is 552 g/mol. The highest BCUT2D eigenvalue weighted by Gasteiger charge is 2.21. The molecule has 0 unspecified atom stereocenters.